The molecule has 0 aliphatic heterocycles. The van der Waals surface area contributed by atoms with Gasteiger partial charge in [0.2, 0.25) is 5.91 Å². The van der Waals surface area contributed by atoms with Crippen LogP contribution >= 0.6 is 0 Å². The number of hydrogen-bond acceptors (Lipinski definition) is 6. The second-order valence-electron chi connectivity index (χ2n) is 6.60. The van der Waals surface area contributed by atoms with E-state index in [4.69, 9.17) is 15.0 Å². The Kier molecular flexibility index (Phi) is 10.3. The van der Waals surface area contributed by atoms with Crippen LogP contribution in [-0.4, -0.2) is 49.3 Å². The number of nitrogens with two attached hydrogens (primary N) is 1. The van der Waals surface area contributed by atoms with Crippen LogP contribution in [0.1, 0.15) is 19.4 Å². The lowest BCUT2D eigenvalue weighted by Crippen LogP contribution is -2.35. The summed E-state index contributed by atoms with van der Waals surface area (Å²) in [6.45, 7) is 4.77. The van der Waals surface area contributed by atoms with E-state index in [1.807, 2.05) is 13.8 Å². The van der Waals surface area contributed by atoms with Gasteiger partial charge in [0, 0.05) is 12.6 Å². The van der Waals surface area contributed by atoms with Gasteiger partial charge in [-0.1, -0.05) is 44.2 Å². The van der Waals surface area contributed by atoms with Gasteiger partial charge in [-0.2, -0.15) is 8.42 Å². The van der Waals surface area contributed by atoms with Crippen LogP contribution in [0.4, 0.5) is 0 Å². The standard InChI is InChI=1S/C14H22N2O3.C6H6O3S/c1-10(2)16-8-12(17)9-19-13-5-3-11(4-6-13)7-14(15)18;7-10(8,9)6-4-2-1-3-5-6/h3-6,10,12,16-17H,7-9H2,1-2H3,(H2,15,18);1-5H,(H,7,8,9). The summed E-state index contributed by atoms with van der Waals surface area (Å²) in [5, 5.41) is 12.8. The number of rotatable bonds is 9. The van der Waals surface area contributed by atoms with Crippen molar-refractivity contribution in [1.29, 1.82) is 0 Å². The fourth-order valence-electron chi connectivity index (χ4n) is 2.12. The Morgan fingerprint density at radius 3 is 2.14 bits per heavy atom. The maximum absolute atomic E-state index is 10.7. The summed E-state index contributed by atoms with van der Waals surface area (Å²) < 4.78 is 34.7. The molecule has 8 nitrogen and oxygen atoms in total. The second-order valence-corrected chi connectivity index (χ2v) is 8.02. The molecule has 0 aliphatic carbocycles. The van der Waals surface area contributed by atoms with Gasteiger partial charge >= 0.3 is 0 Å². The first kappa shape index (κ1) is 24.6. The van der Waals surface area contributed by atoms with Gasteiger partial charge in [-0.15, -0.1) is 0 Å². The Labute approximate surface area is 171 Å². The summed E-state index contributed by atoms with van der Waals surface area (Å²) in [7, 11) is -4.00. The highest BCUT2D eigenvalue weighted by Gasteiger charge is 2.07. The van der Waals surface area contributed by atoms with Crippen molar-refractivity contribution in [3.05, 3.63) is 60.2 Å². The Balaban J connectivity index is 0.000000352. The SMILES string of the molecule is CC(C)NCC(O)COc1ccc(CC(N)=O)cc1.O=S(=O)(O)c1ccccc1. The molecular weight excluding hydrogens is 396 g/mol. The van der Waals surface area contributed by atoms with E-state index in [1.54, 1.807) is 42.5 Å². The van der Waals surface area contributed by atoms with Crippen LogP contribution in [0.25, 0.3) is 0 Å². The first-order chi connectivity index (χ1) is 13.6. The predicted molar refractivity (Wildman–Crippen MR) is 110 cm³/mol. The fraction of sp³-hybridized carbons (Fsp3) is 0.350. The fourth-order valence-corrected chi connectivity index (χ4v) is 2.62. The van der Waals surface area contributed by atoms with Crippen molar-refractivity contribution < 1.29 is 27.6 Å². The van der Waals surface area contributed by atoms with Crippen molar-refractivity contribution in [3.8, 4) is 5.75 Å². The van der Waals surface area contributed by atoms with E-state index in [9.17, 15) is 18.3 Å². The number of benzene rings is 2. The summed E-state index contributed by atoms with van der Waals surface area (Å²) >= 11 is 0. The predicted octanol–water partition coefficient (Wildman–Crippen LogP) is 1.39. The summed E-state index contributed by atoms with van der Waals surface area (Å²) in [4.78, 5) is 10.7. The van der Waals surface area contributed by atoms with Crippen LogP contribution in [0.5, 0.6) is 5.75 Å². The van der Waals surface area contributed by atoms with Gasteiger partial charge in [-0.25, -0.2) is 0 Å². The topological polar surface area (TPSA) is 139 Å². The molecule has 1 atom stereocenters. The summed E-state index contributed by atoms with van der Waals surface area (Å²) in [6.07, 6.45) is -0.325. The van der Waals surface area contributed by atoms with Gasteiger partial charge in [-0.3, -0.25) is 9.35 Å². The van der Waals surface area contributed by atoms with Gasteiger partial charge in [0.1, 0.15) is 18.5 Å². The second kappa shape index (κ2) is 12.2. The van der Waals surface area contributed by atoms with Crippen molar-refractivity contribution >= 4 is 16.0 Å². The molecular formula is C20H28N2O6S. The summed E-state index contributed by atoms with van der Waals surface area (Å²) in [5.74, 6) is 0.306. The molecule has 29 heavy (non-hydrogen) atoms. The molecule has 0 aromatic heterocycles. The highest BCUT2D eigenvalue weighted by Crippen LogP contribution is 2.12. The zero-order valence-electron chi connectivity index (χ0n) is 16.5. The molecule has 0 saturated heterocycles. The molecule has 0 heterocycles. The zero-order chi connectivity index (χ0) is 21.9. The molecule has 0 aliphatic rings. The van der Waals surface area contributed by atoms with Crippen molar-refractivity contribution in [1.82, 2.24) is 5.32 Å². The largest absolute Gasteiger partial charge is 0.491 e. The lowest BCUT2D eigenvalue weighted by molar-refractivity contribution is -0.117. The molecule has 160 valence electrons. The van der Waals surface area contributed by atoms with E-state index in [2.05, 4.69) is 5.32 Å². The smallest absolute Gasteiger partial charge is 0.294 e. The van der Waals surface area contributed by atoms with Gasteiger partial charge in [-0.05, 0) is 29.8 Å². The summed E-state index contributed by atoms with van der Waals surface area (Å²) in [6, 6.07) is 14.9. The Bertz CT molecular complexity index is 839. The van der Waals surface area contributed by atoms with E-state index in [1.165, 1.54) is 12.1 Å². The Morgan fingerprint density at radius 1 is 1.10 bits per heavy atom. The van der Waals surface area contributed by atoms with E-state index < -0.39 is 16.2 Å². The minimum Gasteiger partial charge on any atom is -0.491 e. The quantitative estimate of drug-likeness (QED) is 0.446. The molecule has 0 radical (unpaired) electrons. The molecule has 5 N–H and O–H groups in total. The van der Waals surface area contributed by atoms with Crippen molar-refractivity contribution in [2.45, 2.75) is 37.3 Å². The molecule has 2 rings (SSSR count). The van der Waals surface area contributed by atoms with Crippen LogP contribution in [0.2, 0.25) is 0 Å². The van der Waals surface area contributed by atoms with E-state index in [0.717, 1.165) is 5.56 Å². The van der Waals surface area contributed by atoms with Crippen LogP contribution in [0, 0.1) is 0 Å². The van der Waals surface area contributed by atoms with Gasteiger partial charge in [0.05, 0.1) is 11.3 Å². The van der Waals surface area contributed by atoms with Gasteiger partial charge in [0.15, 0.2) is 0 Å². The molecule has 0 saturated carbocycles. The maximum atomic E-state index is 10.7. The van der Waals surface area contributed by atoms with Crippen LogP contribution in [0.15, 0.2) is 59.5 Å². The van der Waals surface area contributed by atoms with Gasteiger partial charge < -0.3 is 20.9 Å². The Morgan fingerprint density at radius 2 is 1.69 bits per heavy atom. The number of nitrogens with one attached hydrogen (secondary N) is 1. The third-order valence-corrected chi connectivity index (χ3v) is 4.41. The number of hydrogen-bond donors (Lipinski definition) is 4. The Hall–Kier alpha value is -2.46. The monoisotopic (exact) mass is 424 g/mol. The normalized spacial score (nSPS) is 12.0. The number of carbonyl (C=O) groups excluding carboxylic acids is 1. The van der Waals surface area contributed by atoms with Crippen LogP contribution in [-0.2, 0) is 21.3 Å². The van der Waals surface area contributed by atoms with E-state index in [-0.39, 0.29) is 23.8 Å². The van der Waals surface area contributed by atoms with Crippen molar-refractivity contribution in [2.24, 2.45) is 5.73 Å². The molecule has 2 aromatic rings. The first-order valence-electron chi connectivity index (χ1n) is 9.02. The molecule has 2 aromatic carbocycles. The molecule has 0 bridgehead atoms. The molecule has 9 heteroatoms. The molecule has 0 fully saturated rings. The van der Waals surface area contributed by atoms with Crippen molar-refractivity contribution in [3.63, 3.8) is 0 Å². The number of aliphatic hydroxyl groups excluding tert-OH is 1. The third-order valence-electron chi connectivity index (χ3n) is 3.55. The first-order valence-corrected chi connectivity index (χ1v) is 10.5. The van der Waals surface area contributed by atoms with E-state index in [0.29, 0.717) is 18.3 Å². The average Bonchev–Trinajstić information content (AvgIpc) is 2.66. The number of amides is 1. The summed E-state index contributed by atoms with van der Waals surface area (Å²) in [5.41, 5.74) is 5.96. The molecule has 0 spiro atoms. The molecule has 1 amide bonds. The van der Waals surface area contributed by atoms with Crippen LogP contribution < -0.4 is 15.8 Å². The number of aliphatic hydroxyl groups is 1. The third kappa shape index (κ3) is 11.2. The van der Waals surface area contributed by atoms with Crippen LogP contribution in [0.3, 0.4) is 0 Å². The lowest BCUT2D eigenvalue weighted by Gasteiger charge is -2.15. The maximum Gasteiger partial charge on any atom is 0.294 e. The lowest BCUT2D eigenvalue weighted by atomic mass is 10.1. The number of primary amides is 1. The highest BCUT2D eigenvalue weighted by molar-refractivity contribution is 7.85. The number of carbonyl (C=O) groups is 1. The van der Waals surface area contributed by atoms with Crippen molar-refractivity contribution in [2.75, 3.05) is 13.2 Å². The average molecular weight is 425 g/mol. The highest BCUT2D eigenvalue weighted by atomic mass is 32.2. The minimum absolute atomic E-state index is 0.0741. The number of ether oxygens (including phenoxy) is 1. The minimum atomic E-state index is -4.00. The van der Waals surface area contributed by atoms with Gasteiger partial charge in [0.25, 0.3) is 10.1 Å². The zero-order valence-corrected chi connectivity index (χ0v) is 17.3. The molecule has 1 unspecified atom stereocenters. The van der Waals surface area contributed by atoms with E-state index >= 15 is 0 Å².